The van der Waals surface area contributed by atoms with E-state index in [0.717, 1.165) is 6.20 Å². The number of carbonyl (C=O) groups excluding carboxylic acids is 2. The number of furan rings is 1. The van der Waals surface area contributed by atoms with E-state index in [1.165, 1.54) is 23.8 Å². The first-order valence-corrected chi connectivity index (χ1v) is 9.43. The number of hydrogen-bond donors (Lipinski definition) is 4. The van der Waals surface area contributed by atoms with E-state index in [1.54, 1.807) is 24.4 Å². The normalized spacial score (nSPS) is 18.2. The molecular weight excluding hydrogens is 420 g/mol. The highest BCUT2D eigenvalue weighted by Gasteiger charge is 2.51. The largest absolute Gasteiger partial charge is 0.497 e. The van der Waals surface area contributed by atoms with Crippen molar-refractivity contribution in [2.75, 3.05) is 7.11 Å². The molecule has 4 heterocycles. The van der Waals surface area contributed by atoms with E-state index < -0.39 is 23.4 Å². The first-order valence-electron chi connectivity index (χ1n) is 9.43. The van der Waals surface area contributed by atoms with Crippen molar-refractivity contribution in [1.29, 1.82) is 0 Å². The van der Waals surface area contributed by atoms with E-state index in [1.807, 2.05) is 0 Å². The van der Waals surface area contributed by atoms with Gasteiger partial charge in [-0.2, -0.15) is 0 Å². The Kier molecular flexibility index (Phi) is 4.09. The average molecular weight is 436 g/mol. The fraction of sp³-hybridized carbons (Fsp3) is 0.143. The van der Waals surface area contributed by atoms with Crippen LogP contribution in [-0.2, 0) is 16.9 Å². The van der Waals surface area contributed by atoms with Gasteiger partial charge in [0.15, 0.2) is 11.4 Å². The van der Waals surface area contributed by atoms with E-state index in [-0.39, 0.29) is 29.5 Å². The van der Waals surface area contributed by atoms with Crippen LogP contribution in [0, 0.1) is 0 Å². The minimum Gasteiger partial charge on any atom is -0.497 e. The number of fused-ring (bicyclic) bond motifs is 2. The molecular formula is C21H16N4O7. The predicted octanol–water partition coefficient (Wildman–Crippen LogP) is 1.93. The molecule has 1 fully saturated rings. The second-order valence-electron chi connectivity index (χ2n) is 7.38. The summed E-state index contributed by atoms with van der Waals surface area (Å²) in [7, 11) is 1.51. The van der Waals surface area contributed by atoms with Crippen LogP contribution in [0.25, 0.3) is 21.9 Å². The van der Waals surface area contributed by atoms with Crippen molar-refractivity contribution in [2.45, 2.75) is 12.1 Å². The molecule has 4 N–H and O–H groups in total. The van der Waals surface area contributed by atoms with Gasteiger partial charge in [0.25, 0.3) is 5.91 Å². The molecule has 5 rings (SSSR count). The number of carboxylic acids is 1. The van der Waals surface area contributed by atoms with Crippen molar-refractivity contribution in [1.82, 2.24) is 20.2 Å². The highest BCUT2D eigenvalue weighted by molar-refractivity contribution is 6.07. The molecule has 1 saturated heterocycles. The van der Waals surface area contributed by atoms with Crippen LogP contribution in [0.4, 0.5) is 4.79 Å². The third-order valence-electron chi connectivity index (χ3n) is 5.46. The third kappa shape index (κ3) is 2.82. The maximum atomic E-state index is 12.9. The van der Waals surface area contributed by atoms with Crippen molar-refractivity contribution in [3.05, 3.63) is 54.0 Å². The van der Waals surface area contributed by atoms with Gasteiger partial charge in [0, 0.05) is 28.6 Å². The summed E-state index contributed by atoms with van der Waals surface area (Å²) >= 11 is 0. The van der Waals surface area contributed by atoms with Crippen molar-refractivity contribution in [2.24, 2.45) is 0 Å². The number of nitrogens with one attached hydrogen (secondary N) is 2. The van der Waals surface area contributed by atoms with Crippen molar-refractivity contribution in [3.63, 3.8) is 0 Å². The number of benzene rings is 1. The molecule has 3 aromatic heterocycles. The molecule has 0 radical (unpaired) electrons. The van der Waals surface area contributed by atoms with Crippen LogP contribution in [0.1, 0.15) is 16.1 Å². The van der Waals surface area contributed by atoms with Gasteiger partial charge in [0.05, 0.1) is 19.2 Å². The van der Waals surface area contributed by atoms with Crippen molar-refractivity contribution in [3.8, 4) is 11.6 Å². The van der Waals surface area contributed by atoms with Crippen LogP contribution in [0.3, 0.4) is 0 Å². The second-order valence-corrected chi connectivity index (χ2v) is 7.38. The standard InChI is InChI=1S/C21H16N4O7/c1-31-13-3-2-10-8-25(17(26)14(10)6-13)9-21(19(29)23-20(30)24-21)15-5-11-4-12(18(27)28)7-22-16(11)32-15/h2-8,26H,9H2,1H3,(H,27,28)(H2,23,24,29,30)/t21-/m0/s1. The molecule has 0 bridgehead atoms. The minimum atomic E-state index is -1.70. The fourth-order valence-electron chi connectivity index (χ4n) is 3.84. The maximum Gasteiger partial charge on any atom is 0.337 e. The lowest BCUT2D eigenvalue weighted by Gasteiger charge is -2.24. The van der Waals surface area contributed by atoms with E-state index in [9.17, 15) is 24.6 Å². The van der Waals surface area contributed by atoms with Gasteiger partial charge in [-0.3, -0.25) is 10.1 Å². The van der Waals surface area contributed by atoms with E-state index in [2.05, 4.69) is 15.6 Å². The van der Waals surface area contributed by atoms with Crippen molar-refractivity contribution >= 4 is 39.8 Å². The molecule has 0 spiro atoms. The predicted molar refractivity (Wildman–Crippen MR) is 109 cm³/mol. The zero-order valence-corrected chi connectivity index (χ0v) is 16.6. The number of aromatic nitrogens is 2. The maximum absolute atomic E-state index is 12.9. The summed E-state index contributed by atoms with van der Waals surface area (Å²) in [5, 5.41) is 26.3. The summed E-state index contributed by atoms with van der Waals surface area (Å²) in [6.07, 6.45) is 2.77. The molecule has 1 aliphatic heterocycles. The Hall–Kier alpha value is -4.54. The highest BCUT2D eigenvalue weighted by Crippen LogP contribution is 2.36. The quantitative estimate of drug-likeness (QED) is 0.346. The monoisotopic (exact) mass is 436 g/mol. The molecule has 162 valence electrons. The molecule has 0 unspecified atom stereocenters. The van der Waals surface area contributed by atoms with Gasteiger partial charge in [-0.25, -0.2) is 14.6 Å². The molecule has 32 heavy (non-hydrogen) atoms. The third-order valence-corrected chi connectivity index (χ3v) is 5.46. The Bertz CT molecular complexity index is 1440. The van der Waals surface area contributed by atoms with E-state index in [0.29, 0.717) is 21.9 Å². The van der Waals surface area contributed by atoms with Gasteiger partial charge >= 0.3 is 12.0 Å². The van der Waals surface area contributed by atoms with Gasteiger partial charge in [-0.1, -0.05) is 0 Å². The Morgan fingerprint density at radius 3 is 2.75 bits per heavy atom. The second kappa shape index (κ2) is 6.74. The lowest BCUT2D eigenvalue weighted by atomic mass is 9.96. The summed E-state index contributed by atoms with van der Waals surface area (Å²) < 4.78 is 12.3. The zero-order chi connectivity index (χ0) is 22.6. The van der Waals surface area contributed by atoms with E-state index >= 15 is 0 Å². The number of carboxylic acid groups (broad SMARTS) is 1. The van der Waals surface area contributed by atoms with Gasteiger partial charge < -0.3 is 29.3 Å². The number of ether oxygens (including phenoxy) is 1. The fourth-order valence-corrected chi connectivity index (χ4v) is 3.84. The molecule has 0 aliphatic carbocycles. The van der Waals surface area contributed by atoms with Gasteiger partial charge in [0.1, 0.15) is 11.5 Å². The number of pyridine rings is 1. The number of hydrogen-bond acceptors (Lipinski definition) is 7. The summed E-state index contributed by atoms with van der Waals surface area (Å²) in [4.78, 5) is 40.2. The van der Waals surface area contributed by atoms with Gasteiger partial charge in [0.2, 0.25) is 5.71 Å². The van der Waals surface area contributed by atoms with Crippen LogP contribution >= 0.6 is 0 Å². The summed E-state index contributed by atoms with van der Waals surface area (Å²) in [5.74, 6) is -1.39. The molecule has 3 amide bonds. The van der Waals surface area contributed by atoms with Crippen LogP contribution in [0.2, 0.25) is 0 Å². The van der Waals surface area contributed by atoms with E-state index in [4.69, 9.17) is 9.15 Å². The number of carbonyl (C=O) groups is 3. The number of rotatable bonds is 5. The number of amides is 3. The Balaban J connectivity index is 1.64. The number of imide groups is 1. The SMILES string of the molecule is COc1ccc2cn(C[C@@]3(c4cc5cc(C(=O)O)cnc5o4)NC(=O)NC3=O)c(O)c2c1. The van der Waals surface area contributed by atoms with Gasteiger partial charge in [-0.15, -0.1) is 0 Å². The molecule has 11 nitrogen and oxygen atoms in total. The van der Waals surface area contributed by atoms with Crippen LogP contribution in [-0.4, -0.2) is 44.8 Å². The molecule has 1 atom stereocenters. The molecule has 11 heteroatoms. The zero-order valence-electron chi connectivity index (χ0n) is 16.6. The summed E-state index contributed by atoms with van der Waals surface area (Å²) in [5.41, 5.74) is -1.65. The Morgan fingerprint density at radius 1 is 1.25 bits per heavy atom. The first kappa shape index (κ1) is 19.4. The number of aromatic hydroxyl groups is 1. The topological polar surface area (TPSA) is 156 Å². The number of aromatic carboxylic acids is 1. The lowest BCUT2D eigenvalue weighted by Crippen LogP contribution is -2.47. The summed E-state index contributed by atoms with van der Waals surface area (Å²) in [6.45, 7) is -0.195. The number of methoxy groups -OCH3 is 1. The average Bonchev–Trinajstić information content (AvgIpc) is 3.41. The Labute approximate surface area is 179 Å². The smallest absolute Gasteiger partial charge is 0.337 e. The lowest BCUT2D eigenvalue weighted by molar-refractivity contribution is -0.125. The highest BCUT2D eigenvalue weighted by atomic mass is 16.5. The van der Waals surface area contributed by atoms with Crippen LogP contribution in [0.5, 0.6) is 11.6 Å². The Morgan fingerprint density at radius 2 is 2.06 bits per heavy atom. The molecule has 1 aromatic carbocycles. The first-order chi connectivity index (χ1) is 15.3. The summed E-state index contributed by atoms with van der Waals surface area (Å²) in [6, 6.07) is 7.21. The van der Waals surface area contributed by atoms with Crippen LogP contribution in [0.15, 0.2) is 47.1 Å². The van der Waals surface area contributed by atoms with Crippen LogP contribution < -0.4 is 15.4 Å². The molecule has 0 saturated carbocycles. The molecule has 1 aliphatic rings. The number of nitrogens with zero attached hydrogens (tertiary/aromatic N) is 2. The van der Waals surface area contributed by atoms with Gasteiger partial charge in [-0.05, 0) is 30.3 Å². The molecule has 4 aromatic rings. The minimum absolute atomic E-state index is 0.0422. The van der Waals surface area contributed by atoms with Crippen molar-refractivity contribution < 1.29 is 33.8 Å². The number of urea groups is 1.